The molecule has 0 aliphatic heterocycles. The van der Waals surface area contributed by atoms with Crippen LogP contribution >= 0.6 is 11.8 Å². The van der Waals surface area contributed by atoms with Crippen LogP contribution in [0.2, 0.25) is 0 Å². The Morgan fingerprint density at radius 2 is 1.90 bits per heavy atom. The molecule has 1 heterocycles. The van der Waals surface area contributed by atoms with Gasteiger partial charge in [-0.05, 0) is 12.0 Å². The molecule has 0 unspecified atom stereocenters. The fourth-order valence-electron chi connectivity index (χ4n) is 1.78. The Bertz CT molecular complexity index is 529. The largest absolute Gasteiger partial charge is 0.370 e. The van der Waals surface area contributed by atoms with Gasteiger partial charge in [0.15, 0.2) is 0 Å². The number of anilines is 1. The Kier molecular flexibility index (Phi) is 5.87. The van der Waals surface area contributed by atoms with Gasteiger partial charge in [-0.15, -0.1) is 11.8 Å². The summed E-state index contributed by atoms with van der Waals surface area (Å²) in [5.41, 5.74) is 1.32. The molecule has 1 aromatic carbocycles. The monoisotopic (exact) mass is 287 g/mol. The number of nitrogens with one attached hydrogen (secondary N) is 1. The molecule has 0 saturated heterocycles. The second-order valence-corrected chi connectivity index (χ2v) is 5.56. The summed E-state index contributed by atoms with van der Waals surface area (Å²) < 4.78 is 0. The summed E-state index contributed by atoms with van der Waals surface area (Å²) in [6.45, 7) is 5.19. The van der Waals surface area contributed by atoms with Gasteiger partial charge in [0.25, 0.3) is 0 Å². The van der Waals surface area contributed by atoms with Crippen molar-refractivity contribution in [1.29, 1.82) is 0 Å². The highest BCUT2D eigenvalue weighted by Gasteiger charge is 2.04. The number of aromatic nitrogens is 2. The number of nitrogens with zero attached hydrogens (tertiary/aromatic N) is 2. The standard InChI is InChI=1S/C16H21N3S/c1-3-10-17-15-11-16(19-14(4-2)18-15)20-12-13-8-6-5-7-9-13/h5-9,11H,3-4,10,12H2,1-2H3,(H,17,18,19). The molecule has 0 aliphatic carbocycles. The lowest BCUT2D eigenvalue weighted by Gasteiger charge is -2.08. The van der Waals surface area contributed by atoms with Crippen LogP contribution in [-0.2, 0) is 12.2 Å². The minimum atomic E-state index is 0.862. The van der Waals surface area contributed by atoms with Crippen LogP contribution in [-0.4, -0.2) is 16.5 Å². The van der Waals surface area contributed by atoms with E-state index in [4.69, 9.17) is 0 Å². The van der Waals surface area contributed by atoms with Crippen molar-refractivity contribution in [2.45, 2.75) is 37.5 Å². The molecule has 4 heteroatoms. The fraction of sp³-hybridized carbons (Fsp3) is 0.375. The molecule has 2 rings (SSSR count). The van der Waals surface area contributed by atoms with Gasteiger partial charge < -0.3 is 5.32 Å². The Hall–Kier alpha value is -1.55. The highest BCUT2D eigenvalue weighted by Crippen LogP contribution is 2.23. The maximum Gasteiger partial charge on any atom is 0.131 e. The highest BCUT2D eigenvalue weighted by molar-refractivity contribution is 7.98. The van der Waals surface area contributed by atoms with Crippen molar-refractivity contribution in [1.82, 2.24) is 9.97 Å². The average Bonchev–Trinajstić information content (AvgIpc) is 2.51. The van der Waals surface area contributed by atoms with E-state index < -0.39 is 0 Å². The predicted octanol–water partition coefficient (Wildman–Crippen LogP) is 4.15. The number of aryl methyl sites for hydroxylation is 1. The van der Waals surface area contributed by atoms with Gasteiger partial charge in [-0.1, -0.05) is 44.2 Å². The van der Waals surface area contributed by atoms with E-state index in [9.17, 15) is 0 Å². The molecule has 106 valence electrons. The minimum Gasteiger partial charge on any atom is -0.370 e. The lowest BCUT2D eigenvalue weighted by Crippen LogP contribution is -2.05. The normalized spacial score (nSPS) is 10.5. The third kappa shape index (κ3) is 4.53. The van der Waals surface area contributed by atoms with Crippen molar-refractivity contribution in [3.63, 3.8) is 0 Å². The number of benzene rings is 1. The van der Waals surface area contributed by atoms with Crippen molar-refractivity contribution in [3.05, 3.63) is 47.8 Å². The summed E-state index contributed by atoms with van der Waals surface area (Å²) in [5, 5.41) is 4.38. The van der Waals surface area contributed by atoms with E-state index in [1.807, 2.05) is 12.1 Å². The van der Waals surface area contributed by atoms with E-state index in [0.29, 0.717) is 0 Å². The summed E-state index contributed by atoms with van der Waals surface area (Å²) in [4.78, 5) is 9.10. The first-order valence-electron chi connectivity index (χ1n) is 7.10. The van der Waals surface area contributed by atoms with Crippen LogP contribution in [0.15, 0.2) is 41.4 Å². The van der Waals surface area contributed by atoms with Gasteiger partial charge in [-0.3, -0.25) is 0 Å². The van der Waals surface area contributed by atoms with Crippen molar-refractivity contribution >= 4 is 17.6 Å². The van der Waals surface area contributed by atoms with Crippen LogP contribution in [0.25, 0.3) is 0 Å². The predicted molar refractivity (Wildman–Crippen MR) is 86.2 cm³/mol. The molecule has 20 heavy (non-hydrogen) atoms. The number of hydrogen-bond donors (Lipinski definition) is 1. The van der Waals surface area contributed by atoms with Crippen molar-refractivity contribution in [2.75, 3.05) is 11.9 Å². The van der Waals surface area contributed by atoms with E-state index in [0.717, 1.165) is 41.8 Å². The van der Waals surface area contributed by atoms with Crippen LogP contribution in [0.4, 0.5) is 5.82 Å². The smallest absolute Gasteiger partial charge is 0.131 e. The fourth-order valence-corrected chi connectivity index (χ4v) is 2.65. The van der Waals surface area contributed by atoms with Gasteiger partial charge in [-0.2, -0.15) is 0 Å². The number of thioether (sulfide) groups is 1. The summed E-state index contributed by atoms with van der Waals surface area (Å²) >= 11 is 1.76. The molecule has 0 spiro atoms. The molecule has 0 saturated carbocycles. The molecule has 3 nitrogen and oxygen atoms in total. The van der Waals surface area contributed by atoms with Gasteiger partial charge in [0.05, 0.1) is 0 Å². The quantitative estimate of drug-likeness (QED) is 0.613. The lowest BCUT2D eigenvalue weighted by molar-refractivity contribution is 0.877. The van der Waals surface area contributed by atoms with E-state index >= 15 is 0 Å². The third-order valence-electron chi connectivity index (χ3n) is 2.85. The molecule has 0 bridgehead atoms. The Labute approximate surface area is 125 Å². The lowest BCUT2D eigenvalue weighted by atomic mass is 10.2. The first-order valence-corrected chi connectivity index (χ1v) is 8.09. The van der Waals surface area contributed by atoms with Crippen molar-refractivity contribution in [3.8, 4) is 0 Å². The van der Waals surface area contributed by atoms with E-state index in [2.05, 4.69) is 53.4 Å². The SMILES string of the molecule is CCCNc1cc(SCc2ccccc2)nc(CC)n1. The molecule has 1 N–H and O–H groups in total. The summed E-state index contributed by atoms with van der Waals surface area (Å²) in [5.74, 6) is 2.78. The number of rotatable bonds is 7. The molecule has 0 amide bonds. The van der Waals surface area contributed by atoms with Crippen molar-refractivity contribution < 1.29 is 0 Å². The molecule has 0 radical (unpaired) electrons. The Balaban J connectivity index is 2.06. The van der Waals surface area contributed by atoms with Gasteiger partial charge in [0.2, 0.25) is 0 Å². The summed E-state index contributed by atoms with van der Waals surface area (Å²) in [6, 6.07) is 12.5. The minimum absolute atomic E-state index is 0.862. The Morgan fingerprint density at radius 1 is 1.10 bits per heavy atom. The van der Waals surface area contributed by atoms with Crippen LogP contribution < -0.4 is 5.32 Å². The van der Waals surface area contributed by atoms with Crippen LogP contribution in [0.5, 0.6) is 0 Å². The zero-order chi connectivity index (χ0) is 14.2. The van der Waals surface area contributed by atoms with Crippen molar-refractivity contribution in [2.24, 2.45) is 0 Å². The maximum absolute atomic E-state index is 4.59. The molecule has 2 aromatic rings. The average molecular weight is 287 g/mol. The first-order chi connectivity index (χ1) is 9.81. The topological polar surface area (TPSA) is 37.8 Å². The molecule has 1 aromatic heterocycles. The highest BCUT2D eigenvalue weighted by atomic mass is 32.2. The molecule has 0 aliphatic rings. The van der Waals surface area contributed by atoms with E-state index in [1.165, 1.54) is 5.56 Å². The Morgan fingerprint density at radius 3 is 2.60 bits per heavy atom. The first kappa shape index (κ1) is 14.9. The third-order valence-corrected chi connectivity index (χ3v) is 3.83. The molecule has 0 fully saturated rings. The van der Waals surface area contributed by atoms with Crippen LogP contribution in [0, 0.1) is 0 Å². The van der Waals surface area contributed by atoms with Gasteiger partial charge in [0, 0.05) is 24.8 Å². The van der Waals surface area contributed by atoms with Gasteiger partial charge in [0.1, 0.15) is 16.7 Å². The molecular weight excluding hydrogens is 266 g/mol. The molecular formula is C16H21N3S. The van der Waals surface area contributed by atoms with Crippen LogP contribution in [0.1, 0.15) is 31.7 Å². The zero-order valence-electron chi connectivity index (χ0n) is 12.1. The zero-order valence-corrected chi connectivity index (χ0v) is 12.9. The number of hydrogen-bond acceptors (Lipinski definition) is 4. The van der Waals surface area contributed by atoms with E-state index in [1.54, 1.807) is 11.8 Å². The second-order valence-electron chi connectivity index (χ2n) is 4.56. The van der Waals surface area contributed by atoms with E-state index in [-0.39, 0.29) is 0 Å². The summed E-state index contributed by atoms with van der Waals surface area (Å²) in [7, 11) is 0. The van der Waals surface area contributed by atoms with Crippen LogP contribution in [0.3, 0.4) is 0 Å². The second kappa shape index (κ2) is 7.90. The maximum atomic E-state index is 4.59. The van der Waals surface area contributed by atoms with Gasteiger partial charge >= 0.3 is 0 Å². The summed E-state index contributed by atoms with van der Waals surface area (Å²) in [6.07, 6.45) is 1.96. The van der Waals surface area contributed by atoms with Gasteiger partial charge in [-0.25, -0.2) is 9.97 Å². The molecule has 0 atom stereocenters.